The molecule has 71 heavy (non-hydrogen) atoms. The molecule has 0 unspecified atom stereocenters. The van der Waals surface area contributed by atoms with Crippen molar-refractivity contribution < 1.29 is 186 Å². The maximum absolute atomic E-state index is 11.2. The van der Waals surface area contributed by atoms with E-state index >= 15 is 0 Å². The van der Waals surface area contributed by atoms with Crippen molar-refractivity contribution in [2.24, 2.45) is 0 Å². The predicted molar refractivity (Wildman–Crippen MR) is 253 cm³/mol. The fraction of sp³-hybridized carbons (Fsp3) is 0.149. The second kappa shape index (κ2) is 30.6. The van der Waals surface area contributed by atoms with Gasteiger partial charge in [-0.25, -0.2) is 33.7 Å². The molecule has 2 N–H and O–H groups in total. The zero-order valence-corrected chi connectivity index (χ0v) is 51.2. The molecule has 0 aliphatic carbocycles. The molecule has 8 rings (SSSR count). The van der Waals surface area contributed by atoms with Crippen LogP contribution in [0, 0.1) is 6.07 Å². The van der Waals surface area contributed by atoms with Crippen molar-refractivity contribution in [3.05, 3.63) is 152 Å². The van der Waals surface area contributed by atoms with Gasteiger partial charge in [-0.1, -0.05) is 56.0 Å². The van der Waals surface area contributed by atoms with Crippen LogP contribution in [0.1, 0.15) is 35.1 Å². The van der Waals surface area contributed by atoms with E-state index in [0.717, 1.165) is 38.4 Å². The molecule has 0 saturated heterocycles. The molecule has 8 aromatic carbocycles. The van der Waals surface area contributed by atoms with Gasteiger partial charge >= 0.3 is 118 Å². The summed E-state index contributed by atoms with van der Waals surface area (Å²) < 4.78 is 131. The Labute approximate surface area is 507 Å². The zero-order chi connectivity index (χ0) is 47.9. The predicted octanol–water partition coefficient (Wildman–Crippen LogP) is -2.45. The molecule has 358 valence electrons. The van der Waals surface area contributed by atoms with E-state index in [1.54, 1.807) is 60.7 Å². The van der Waals surface area contributed by atoms with Gasteiger partial charge in [0.15, 0.2) is 0 Å². The number of halogens is 1. The van der Waals surface area contributed by atoms with Crippen LogP contribution >= 0.6 is 10.7 Å². The molecular formula is C47H44ClNa4O15S4-. The van der Waals surface area contributed by atoms with Crippen molar-refractivity contribution in [3.63, 3.8) is 0 Å². The average Bonchev–Trinajstić information content (AvgIpc) is 3.22. The van der Waals surface area contributed by atoms with Crippen LogP contribution in [-0.2, 0) is 39.4 Å². The fourth-order valence-corrected chi connectivity index (χ4v) is 8.33. The SMILES string of the molecule is C.CC(C)Oc1ccc2cc(S(=O)(=O)Cl)ccc2c1.CC(C)Oc1ccc2cc(S(=O)(=O)[O-])ccc2c1.O=S(=O)([O-])c1ccc2c[c-]ccc2c1.O=S(=O)([O-])c1ccc2cc(O)ccc2c1.[Na+].[Na+].[Na+].[Na+].[OH-]. The fourth-order valence-electron chi connectivity index (χ4n) is 6.03. The van der Waals surface area contributed by atoms with Crippen LogP contribution in [0.3, 0.4) is 0 Å². The van der Waals surface area contributed by atoms with Gasteiger partial charge in [-0.15, -0.1) is 16.8 Å². The van der Waals surface area contributed by atoms with E-state index in [4.69, 9.17) is 20.2 Å². The number of ether oxygens (including phenoxy) is 2. The third-order valence-electron chi connectivity index (χ3n) is 8.91. The summed E-state index contributed by atoms with van der Waals surface area (Å²) >= 11 is 0. The Kier molecular flexibility index (Phi) is 30.7. The van der Waals surface area contributed by atoms with Gasteiger partial charge in [0.1, 0.15) is 47.6 Å². The number of aromatic hydroxyl groups is 1. The summed E-state index contributed by atoms with van der Waals surface area (Å²) in [5.74, 6) is 1.58. The Morgan fingerprint density at radius 2 is 0.746 bits per heavy atom. The second-order valence-electron chi connectivity index (χ2n) is 14.6. The summed E-state index contributed by atoms with van der Waals surface area (Å²) in [7, 11) is -11.6. The molecular weight excluding hydrogens is 1060 g/mol. The van der Waals surface area contributed by atoms with Crippen LogP contribution < -0.4 is 128 Å². The molecule has 0 bridgehead atoms. The van der Waals surface area contributed by atoms with E-state index in [-0.39, 0.29) is 169 Å². The third kappa shape index (κ3) is 22.1. The first-order valence-electron chi connectivity index (χ1n) is 19.1. The summed E-state index contributed by atoms with van der Waals surface area (Å²) in [6, 6.07) is 40.6. The number of fused-ring (bicyclic) bond motifs is 4. The van der Waals surface area contributed by atoms with Gasteiger partial charge in [-0.2, -0.15) is 24.3 Å². The largest absolute Gasteiger partial charge is 1.00 e. The zero-order valence-electron chi connectivity index (χ0n) is 39.2. The van der Waals surface area contributed by atoms with Crippen LogP contribution in [0.4, 0.5) is 0 Å². The van der Waals surface area contributed by atoms with Gasteiger partial charge in [0, 0.05) is 10.7 Å². The number of hydrogen-bond donors (Lipinski definition) is 1. The van der Waals surface area contributed by atoms with Gasteiger partial charge in [-0.05, 0) is 133 Å². The maximum Gasteiger partial charge on any atom is 1.00 e. The first kappa shape index (κ1) is 71.2. The van der Waals surface area contributed by atoms with Crippen molar-refractivity contribution in [3.8, 4) is 17.2 Å². The first-order chi connectivity index (χ1) is 30.3. The monoisotopic (exact) mass is 1100 g/mol. The molecule has 0 aliphatic heterocycles. The van der Waals surface area contributed by atoms with Crippen LogP contribution in [0.2, 0.25) is 0 Å². The van der Waals surface area contributed by atoms with E-state index in [0.29, 0.717) is 16.2 Å². The summed E-state index contributed by atoms with van der Waals surface area (Å²) in [6.45, 7) is 7.76. The van der Waals surface area contributed by atoms with Gasteiger partial charge in [0.25, 0.3) is 9.05 Å². The summed E-state index contributed by atoms with van der Waals surface area (Å²) in [6.07, 6.45) is 0.175. The molecule has 15 nitrogen and oxygen atoms in total. The average molecular weight is 1100 g/mol. The summed E-state index contributed by atoms with van der Waals surface area (Å²) in [4.78, 5) is -0.571. The molecule has 0 heterocycles. The van der Waals surface area contributed by atoms with Gasteiger partial charge in [0.05, 0.1) is 31.8 Å². The maximum atomic E-state index is 11.2. The minimum atomic E-state index is -4.42. The van der Waals surface area contributed by atoms with Crippen molar-refractivity contribution in [1.82, 2.24) is 0 Å². The molecule has 24 heteroatoms. The Bertz CT molecular complexity index is 3370. The Morgan fingerprint density at radius 3 is 1.11 bits per heavy atom. The van der Waals surface area contributed by atoms with Crippen LogP contribution in [0.15, 0.2) is 165 Å². The molecule has 0 saturated carbocycles. The number of rotatable bonds is 8. The van der Waals surface area contributed by atoms with Crippen molar-refractivity contribution in [1.29, 1.82) is 0 Å². The van der Waals surface area contributed by atoms with Crippen molar-refractivity contribution >= 4 is 93.2 Å². The first-order valence-corrected chi connectivity index (χ1v) is 25.7. The van der Waals surface area contributed by atoms with E-state index < -0.39 is 39.4 Å². The van der Waals surface area contributed by atoms with Crippen molar-refractivity contribution in [2.75, 3.05) is 0 Å². The van der Waals surface area contributed by atoms with Crippen LogP contribution in [0.25, 0.3) is 43.1 Å². The normalized spacial score (nSPS) is 10.9. The molecule has 0 aromatic heterocycles. The topological polar surface area (TPSA) is 274 Å². The summed E-state index contributed by atoms with van der Waals surface area (Å²) in [5, 5.41) is 15.3. The minimum absolute atomic E-state index is 0. The third-order valence-corrected chi connectivity index (χ3v) is 12.8. The molecule has 0 amide bonds. The van der Waals surface area contributed by atoms with Gasteiger partial charge in [0.2, 0.25) is 0 Å². The standard InChI is InChI=1S/C13H13ClO3S.C13H14O4S.C10H8O4S.C10H7O3S.CH4.4Na.H2O/c2*1-9(2)17-12-5-3-11-8-13(18(14,15)16)6-4-10(11)7-12;11-9-3-1-8-6-10(15(12,13)14)4-2-7(8)5-9;11-14(12,13)10-6-5-8-3-1-2-4-9(8)7-10;;;;;;/h3-9H,1-2H3;3-9H,1-2H3,(H,14,15,16);1-6,11H,(H,12,13,14);2-7H,(H,11,12,13);1H4;;;;;1H2/q;;;-1;;4*+1;/p-4. The van der Waals surface area contributed by atoms with Gasteiger partial charge in [-0.3, -0.25) is 0 Å². The Balaban J connectivity index is 0. The quantitative estimate of drug-likeness (QED) is 0.0717. The van der Waals surface area contributed by atoms with E-state index in [9.17, 15) is 52.4 Å². The molecule has 0 radical (unpaired) electrons. The molecule has 0 fully saturated rings. The second-order valence-corrected chi connectivity index (χ2v) is 21.3. The molecule has 0 spiro atoms. The van der Waals surface area contributed by atoms with E-state index in [1.165, 1.54) is 60.7 Å². The Hall–Kier alpha value is -1.87. The van der Waals surface area contributed by atoms with Crippen LogP contribution in [-0.4, -0.2) is 70.1 Å². The van der Waals surface area contributed by atoms with Gasteiger partial charge < -0.3 is 33.7 Å². The number of phenols is 1. The van der Waals surface area contributed by atoms with E-state index in [2.05, 4.69) is 6.07 Å². The molecule has 8 aromatic rings. The number of hydrogen-bond acceptors (Lipinski definition) is 15. The smallest absolute Gasteiger partial charge is 0.870 e. The van der Waals surface area contributed by atoms with Crippen molar-refractivity contribution in [2.45, 2.75) is 66.9 Å². The van der Waals surface area contributed by atoms with Crippen LogP contribution in [0.5, 0.6) is 17.2 Å². The number of phenolic OH excluding ortho intramolecular Hbond substituents is 1. The summed E-state index contributed by atoms with van der Waals surface area (Å²) in [5.41, 5.74) is 0. The Morgan fingerprint density at radius 1 is 0.451 bits per heavy atom. The molecule has 0 aliphatic rings. The molecule has 0 atom stereocenters. The number of benzene rings is 8. The van der Waals surface area contributed by atoms with E-state index in [1.807, 2.05) is 52.0 Å². The minimum Gasteiger partial charge on any atom is -0.870 e.